The molecular formula is C12H8N2O4. The molecule has 0 aliphatic heterocycles. The van der Waals surface area contributed by atoms with Gasteiger partial charge in [-0.25, -0.2) is 0 Å². The van der Waals surface area contributed by atoms with E-state index in [4.69, 9.17) is 9.68 Å². The molecule has 0 aliphatic rings. The molecule has 0 radical (unpaired) electrons. The number of benzene rings is 1. The van der Waals surface area contributed by atoms with Crippen LogP contribution in [0.25, 0.3) is 11.3 Å². The topological polar surface area (TPSA) is 100 Å². The summed E-state index contributed by atoms with van der Waals surface area (Å²) in [5, 5.41) is 28.3. The first-order valence-corrected chi connectivity index (χ1v) is 5.04. The Morgan fingerprint density at radius 2 is 1.94 bits per heavy atom. The second-order valence-electron chi connectivity index (χ2n) is 3.54. The van der Waals surface area contributed by atoms with Gasteiger partial charge in [0.25, 0.3) is 5.69 Å². The molecule has 0 amide bonds. The summed E-state index contributed by atoms with van der Waals surface area (Å²) in [7, 11) is 0. The van der Waals surface area contributed by atoms with Gasteiger partial charge in [-0.3, -0.25) is 10.1 Å². The maximum Gasteiger partial charge on any atom is 0.269 e. The predicted octanol–water partition coefficient (Wildman–Crippen LogP) is 2.41. The Balaban J connectivity index is 2.29. The van der Waals surface area contributed by atoms with Crippen LogP contribution in [-0.2, 0) is 0 Å². The van der Waals surface area contributed by atoms with Crippen LogP contribution in [0, 0.1) is 21.4 Å². The number of hydrogen-bond acceptors (Lipinski definition) is 5. The molecule has 1 heterocycles. The third-order valence-corrected chi connectivity index (χ3v) is 2.38. The van der Waals surface area contributed by atoms with Crippen LogP contribution in [0.15, 0.2) is 40.8 Å². The molecule has 2 aromatic rings. The van der Waals surface area contributed by atoms with Crippen molar-refractivity contribution in [3.8, 4) is 17.4 Å². The number of nitro benzene ring substituents is 1. The van der Waals surface area contributed by atoms with Crippen molar-refractivity contribution in [2.45, 2.75) is 6.10 Å². The number of hydrogen-bond donors (Lipinski definition) is 1. The van der Waals surface area contributed by atoms with Gasteiger partial charge in [-0.15, -0.1) is 0 Å². The summed E-state index contributed by atoms with van der Waals surface area (Å²) in [5.41, 5.74) is 0.625. The Bertz CT molecular complexity index is 610. The van der Waals surface area contributed by atoms with E-state index in [2.05, 4.69) is 0 Å². The lowest BCUT2D eigenvalue weighted by Gasteiger charge is -1.98. The maximum absolute atomic E-state index is 10.5. The van der Waals surface area contributed by atoms with Gasteiger partial charge in [0.05, 0.1) is 4.92 Å². The van der Waals surface area contributed by atoms with Crippen LogP contribution < -0.4 is 0 Å². The lowest BCUT2D eigenvalue weighted by Crippen LogP contribution is -1.89. The highest BCUT2D eigenvalue weighted by Gasteiger charge is 2.13. The van der Waals surface area contributed by atoms with E-state index in [-0.39, 0.29) is 11.4 Å². The number of nitrogens with zero attached hydrogens (tertiary/aromatic N) is 2. The summed E-state index contributed by atoms with van der Waals surface area (Å²) in [4.78, 5) is 10.0. The van der Waals surface area contributed by atoms with E-state index < -0.39 is 11.0 Å². The maximum atomic E-state index is 10.5. The molecule has 90 valence electrons. The number of furan rings is 1. The number of aliphatic hydroxyl groups is 1. The van der Waals surface area contributed by atoms with Crippen molar-refractivity contribution in [1.82, 2.24) is 0 Å². The zero-order chi connectivity index (χ0) is 13.1. The lowest BCUT2D eigenvalue weighted by molar-refractivity contribution is -0.384. The van der Waals surface area contributed by atoms with Crippen LogP contribution >= 0.6 is 0 Å². The van der Waals surface area contributed by atoms with E-state index in [1.165, 1.54) is 18.2 Å². The van der Waals surface area contributed by atoms with Gasteiger partial charge < -0.3 is 9.52 Å². The molecule has 0 saturated heterocycles. The number of nitriles is 1. The van der Waals surface area contributed by atoms with Gasteiger partial charge in [-0.05, 0) is 24.3 Å². The summed E-state index contributed by atoms with van der Waals surface area (Å²) in [6.45, 7) is 0. The second-order valence-corrected chi connectivity index (χ2v) is 3.54. The largest absolute Gasteiger partial charge is 0.457 e. The van der Waals surface area contributed by atoms with E-state index in [1.54, 1.807) is 24.3 Å². The van der Waals surface area contributed by atoms with E-state index in [0.29, 0.717) is 11.3 Å². The fraction of sp³-hybridized carbons (Fsp3) is 0.0833. The standard InChI is InChI=1S/C12H8N2O4/c13-7-10(15)12-6-5-11(18-12)8-1-3-9(4-2-8)14(16)17/h1-6,10,15H. The third-order valence-electron chi connectivity index (χ3n) is 2.38. The Kier molecular flexibility index (Phi) is 3.08. The molecule has 6 nitrogen and oxygen atoms in total. The van der Waals surface area contributed by atoms with Gasteiger partial charge in [0.2, 0.25) is 0 Å². The summed E-state index contributed by atoms with van der Waals surface area (Å²) in [6.07, 6.45) is -1.31. The van der Waals surface area contributed by atoms with E-state index >= 15 is 0 Å². The van der Waals surface area contributed by atoms with Crippen molar-refractivity contribution in [2.24, 2.45) is 0 Å². The van der Waals surface area contributed by atoms with Crippen molar-refractivity contribution >= 4 is 5.69 Å². The lowest BCUT2D eigenvalue weighted by atomic mass is 10.1. The van der Waals surface area contributed by atoms with Crippen molar-refractivity contribution in [1.29, 1.82) is 5.26 Å². The highest BCUT2D eigenvalue weighted by atomic mass is 16.6. The van der Waals surface area contributed by atoms with Crippen LogP contribution in [0.2, 0.25) is 0 Å². The summed E-state index contributed by atoms with van der Waals surface area (Å²) in [5.74, 6) is 0.583. The molecule has 1 atom stereocenters. The van der Waals surface area contributed by atoms with Crippen molar-refractivity contribution in [3.63, 3.8) is 0 Å². The minimum atomic E-state index is -1.31. The van der Waals surface area contributed by atoms with Gasteiger partial charge in [-0.2, -0.15) is 5.26 Å². The average Bonchev–Trinajstić information content (AvgIpc) is 2.87. The number of nitro groups is 1. The van der Waals surface area contributed by atoms with Crippen LogP contribution in [0.3, 0.4) is 0 Å². The van der Waals surface area contributed by atoms with Gasteiger partial charge in [0.1, 0.15) is 17.6 Å². The SMILES string of the molecule is N#CC(O)c1ccc(-c2ccc([N+](=O)[O-])cc2)o1. The molecule has 0 fully saturated rings. The minimum Gasteiger partial charge on any atom is -0.457 e. The predicted molar refractivity (Wildman–Crippen MR) is 61.4 cm³/mol. The first kappa shape index (κ1) is 11.8. The molecule has 1 aromatic heterocycles. The molecule has 18 heavy (non-hydrogen) atoms. The normalized spacial score (nSPS) is 11.8. The first-order chi connectivity index (χ1) is 8.61. The summed E-state index contributed by atoms with van der Waals surface area (Å²) in [6, 6.07) is 10.5. The summed E-state index contributed by atoms with van der Waals surface area (Å²) < 4.78 is 5.28. The molecule has 6 heteroatoms. The molecule has 2 rings (SSSR count). The fourth-order valence-electron chi connectivity index (χ4n) is 1.47. The van der Waals surface area contributed by atoms with Crippen LogP contribution in [0.1, 0.15) is 11.9 Å². The Labute approximate surface area is 102 Å². The first-order valence-electron chi connectivity index (χ1n) is 5.04. The molecule has 0 bridgehead atoms. The quantitative estimate of drug-likeness (QED) is 0.507. The number of rotatable bonds is 3. The van der Waals surface area contributed by atoms with Gasteiger partial charge in [0, 0.05) is 17.7 Å². The molecule has 0 aliphatic carbocycles. The van der Waals surface area contributed by atoms with Crippen LogP contribution in [-0.4, -0.2) is 10.0 Å². The smallest absolute Gasteiger partial charge is 0.269 e. The zero-order valence-electron chi connectivity index (χ0n) is 9.11. The van der Waals surface area contributed by atoms with E-state index in [9.17, 15) is 15.2 Å². The van der Waals surface area contributed by atoms with E-state index in [1.807, 2.05) is 0 Å². The van der Waals surface area contributed by atoms with Crippen molar-refractivity contribution in [2.75, 3.05) is 0 Å². The highest BCUT2D eigenvalue weighted by Crippen LogP contribution is 2.26. The van der Waals surface area contributed by atoms with Crippen LogP contribution in [0.5, 0.6) is 0 Å². The number of aliphatic hydroxyl groups excluding tert-OH is 1. The van der Waals surface area contributed by atoms with Gasteiger partial charge in [0.15, 0.2) is 6.10 Å². The van der Waals surface area contributed by atoms with E-state index in [0.717, 1.165) is 0 Å². The second kappa shape index (κ2) is 4.69. The molecule has 0 spiro atoms. The van der Waals surface area contributed by atoms with Gasteiger partial charge in [-0.1, -0.05) is 0 Å². The molecule has 0 saturated carbocycles. The van der Waals surface area contributed by atoms with Crippen molar-refractivity contribution < 1.29 is 14.4 Å². The third kappa shape index (κ3) is 2.21. The monoisotopic (exact) mass is 244 g/mol. The van der Waals surface area contributed by atoms with Crippen LogP contribution in [0.4, 0.5) is 5.69 Å². The Morgan fingerprint density at radius 1 is 1.28 bits per heavy atom. The van der Waals surface area contributed by atoms with Gasteiger partial charge >= 0.3 is 0 Å². The van der Waals surface area contributed by atoms with Crippen molar-refractivity contribution in [3.05, 3.63) is 52.3 Å². The average molecular weight is 244 g/mol. The fourth-order valence-corrected chi connectivity index (χ4v) is 1.47. The molecule has 1 N–H and O–H groups in total. The highest BCUT2D eigenvalue weighted by molar-refractivity contribution is 5.59. The Morgan fingerprint density at radius 3 is 2.50 bits per heavy atom. The summed E-state index contributed by atoms with van der Waals surface area (Å²) >= 11 is 0. The molecule has 1 unspecified atom stereocenters. The minimum absolute atomic E-state index is 0.0115. The zero-order valence-corrected chi connectivity index (χ0v) is 9.11. The number of non-ortho nitro benzene ring substituents is 1. The molecular weight excluding hydrogens is 236 g/mol. The Hall–Kier alpha value is -2.65. The molecule has 1 aromatic carbocycles.